The lowest BCUT2D eigenvalue weighted by atomic mass is 9.71. The topological polar surface area (TPSA) is 23.5 Å². The second kappa shape index (κ2) is 6.00. The van der Waals surface area contributed by atoms with Crippen LogP contribution in [0.15, 0.2) is 18.2 Å². The van der Waals surface area contributed by atoms with E-state index in [-0.39, 0.29) is 5.54 Å². The Balaban J connectivity index is 2.34. The molecule has 1 aliphatic rings. The molecule has 2 rings (SSSR count). The maximum absolute atomic E-state index is 14.1. The van der Waals surface area contributed by atoms with Crippen molar-refractivity contribution >= 4 is 11.6 Å². The van der Waals surface area contributed by atoms with Crippen LogP contribution in [0.2, 0.25) is 5.02 Å². The Morgan fingerprint density at radius 1 is 1.35 bits per heavy atom. The van der Waals surface area contributed by atoms with E-state index in [0.29, 0.717) is 16.5 Å². The zero-order valence-corrected chi connectivity index (χ0v) is 13.1. The standard InChI is InChI=1S/C16H23ClFNO/c1-11-6-8-16(9-7-11,19(2)3)15(20)13-5-4-12(17)10-14(13)18/h4-5,10-11,15,20H,6-9H2,1-3H3. The lowest BCUT2D eigenvalue weighted by Crippen LogP contribution is -2.51. The Bertz CT molecular complexity index is 470. The summed E-state index contributed by atoms with van der Waals surface area (Å²) in [5, 5.41) is 11.2. The fourth-order valence-electron chi connectivity index (χ4n) is 3.24. The van der Waals surface area contributed by atoms with Gasteiger partial charge in [0.2, 0.25) is 0 Å². The Hall–Kier alpha value is -0.640. The minimum Gasteiger partial charge on any atom is -0.386 e. The second-order valence-electron chi connectivity index (χ2n) is 6.25. The average molecular weight is 300 g/mol. The third-order valence-corrected chi connectivity index (χ3v) is 5.03. The predicted octanol–water partition coefficient (Wildman–Crippen LogP) is 4.02. The third-order valence-electron chi connectivity index (χ3n) is 4.80. The van der Waals surface area contributed by atoms with Crippen LogP contribution in [0.1, 0.15) is 44.3 Å². The summed E-state index contributed by atoms with van der Waals surface area (Å²) in [6.07, 6.45) is 3.05. The van der Waals surface area contributed by atoms with Crippen LogP contribution in [-0.2, 0) is 0 Å². The van der Waals surface area contributed by atoms with Crippen LogP contribution in [0.4, 0.5) is 4.39 Å². The van der Waals surface area contributed by atoms with E-state index in [1.807, 2.05) is 14.1 Å². The molecule has 1 N–H and O–H groups in total. The van der Waals surface area contributed by atoms with Gasteiger partial charge in [0.05, 0.1) is 5.54 Å². The minimum absolute atomic E-state index is 0.345. The van der Waals surface area contributed by atoms with Crippen LogP contribution < -0.4 is 0 Å². The number of halogens is 2. The number of likely N-dealkylation sites (N-methyl/N-ethyl adjacent to an activating group) is 1. The minimum atomic E-state index is -0.831. The fraction of sp³-hybridized carbons (Fsp3) is 0.625. The van der Waals surface area contributed by atoms with E-state index in [0.717, 1.165) is 25.7 Å². The third kappa shape index (κ3) is 2.85. The zero-order chi connectivity index (χ0) is 14.9. The number of aliphatic hydroxyl groups excluding tert-OH is 1. The molecule has 4 heteroatoms. The highest BCUT2D eigenvalue weighted by molar-refractivity contribution is 6.30. The number of nitrogens with zero attached hydrogens (tertiary/aromatic N) is 1. The summed E-state index contributed by atoms with van der Waals surface area (Å²) in [5.74, 6) is 0.246. The van der Waals surface area contributed by atoms with Gasteiger partial charge in [-0.3, -0.25) is 0 Å². The lowest BCUT2D eigenvalue weighted by Gasteiger charge is -2.47. The second-order valence-corrected chi connectivity index (χ2v) is 6.69. The van der Waals surface area contributed by atoms with E-state index in [1.165, 1.54) is 6.07 Å². The Morgan fingerprint density at radius 2 is 1.95 bits per heavy atom. The summed E-state index contributed by atoms with van der Waals surface area (Å²) in [5.41, 5.74) is -0.0427. The highest BCUT2D eigenvalue weighted by Gasteiger charge is 2.43. The molecule has 0 aliphatic heterocycles. The molecule has 0 bridgehead atoms. The van der Waals surface area contributed by atoms with Crippen molar-refractivity contribution in [2.24, 2.45) is 5.92 Å². The molecule has 1 aromatic rings. The monoisotopic (exact) mass is 299 g/mol. The van der Waals surface area contributed by atoms with Gasteiger partial charge in [-0.2, -0.15) is 0 Å². The Morgan fingerprint density at radius 3 is 2.45 bits per heavy atom. The first kappa shape index (κ1) is 15.7. The van der Waals surface area contributed by atoms with Crippen LogP contribution in [-0.4, -0.2) is 29.6 Å². The van der Waals surface area contributed by atoms with Crippen molar-refractivity contribution in [3.05, 3.63) is 34.6 Å². The summed E-state index contributed by atoms with van der Waals surface area (Å²) in [6.45, 7) is 2.23. The maximum Gasteiger partial charge on any atom is 0.130 e. The molecule has 1 atom stereocenters. The Kier molecular flexibility index (Phi) is 4.73. The van der Waals surface area contributed by atoms with E-state index in [1.54, 1.807) is 12.1 Å². The molecule has 0 saturated heterocycles. The van der Waals surface area contributed by atoms with Gasteiger partial charge in [0.25, 0.3) is 0 Å². The van der Waals surface area contributed by atoms with Crippen molar-refractivity contribution < 1.29 is 9.50 Å². The van der Waals surface area contributed by atoms with Gasteiger partial charge in [-0.15, -0.1) is 0 Å². The summed E-state index contributed by atoms with van der Waals surface area (Å²) in [4.78, 5) is 2.05. The molecule has 1 saturated carbocycles. The molecular weight excluding hydrogens is 277 g/mol. The molecule has 1 fully saturated rings. The molecule has 0 radical (unpaired) electrons. The average Bonchev–Trinajstić information content (AvgIpc) is 2.39. The number of aliphatic hydroxyl groups is 1. The largest absolute Gasteiger partial charge is 0.386 e. The first-order chi connectivity index (χ1) is 9.36. The van der Waals surface area contributed by atoms with Crippen LogP contribution in [0.3, 0.4) is 0 Å². The van der Waals surface area contributed by atoms with Crippen LogP contribution >= 0.6 is 11.6 Å². The van der Waals surface area contributed by atoms with Crippen molar-refractivity contribution in [2.75, 3.05) is 14.1 Å². The number of hydrogen-bond acceptors (Lipinski definition) is 2. The molecular formula is C16H23ClFNO. The van der Waals surface area contributed by atoms with Gasteiger partial charge in [0, 0.05) is 10.6 Å². The van der Waals surface area contributed by atoms with Gasteiger partial charge in [0.1, 0.15) is 11.9 Å². The van der Waals surface area contributed by atoms with Gasteiger partial charge >= 0.3 is 0 Å². The number of hydrogen-bond donors (Lipinski definition) is 1. The van der Waals surface area contributed by atoms with Gasteiger partial charge in [-0.1, -0.05) is 24.6 Å². The lowest BCUT2D eigenvalue weighted by molar-refractivity contribution is -0.0423. The smallest absolute Gasteiger partial charge is 0.130 e. The predicted molar refractivity (Wildman–Crippen MR) is 80.4 cm³/mol. The van der Waals surface area contributed by atoms with Crippen molar-refractivity contribution in [2.45, 2.75) is 44.2 Å². The first-order valence-corrected chi connectivity index (χ1v) is 7.55. The van der Waals surface area contributed by atoms with Gasteiger partial charge < -0.3 is 10.0 Å². The van der Waals surface area contributed by atoms with Gasteiger partial charge in [-0.05, 0) is 57.8 Å². The molecule has 0 amide bonds. The highest BCUT2D eigenvalue weighted by Crippen LogP contribution is 2.44. The van der Waals surface area contributed by atoms with E-state index in [4.69, 9.17) is 11.6 Å². The molecule has 112 valence electrons. The van der Waals surface area contributed by atoms with Crippen LogP contribution in [0.25, 0.3) is 0 Å². The molecule has 0 spiro atoms. The summed E-state index contributed by atoms with van der Waals surface area (Å²) in [7, 11) is 3.93. The van der Waals surface area contributed by atoms with Crippen molar-refractivity contribution in [3.63, 3.8) is 0 Å². The summed E-state index contributed by atoms with van der Waals surface area (Å²) < 4.78 is 14.1. The normalized spacial score (nSPS) is 28.6. The van der Waals surface area contributed by atoms with Gasteiger partial charge in [0.15, 0.2) is 0 Å². The molecule has 1 aromatic carbocycles. The SMILES string of the molecule is CC1CCC(C(O)c2ccc(Cl)cc2F)(N(C)C)CC1. The molecule has 1 aliphatic carbocycles. The number of benzene rings is 1. The fourth-order valence-corrected chi connectivity index (χ4v) is 3.40. The summed E-state index contributed by atoms with van der Waals surface area (Å²) >= 11 is 5.79. The molecule has 2 nitrogen and oxygen atoms in total. The quantitative estimate of drug-likeness (QED) is 0.911. The van der Waals surface area contributed by atoms with Crippen LogP contribution in [0, 0.1) is 11.7 Å². The van der Waals surface area contributed by atoms with E-state index in [2.05, 4.69) is 11.8 Å². The van der Waals surface area contributed by atoms with E-state index < -0.39 is 11.9 Å². The van der Waals surface area contributed by atoms with Crippen molar-refractivity contribution in [1.82, 2.24) is 4.90 Å². The van der Waals surface area contributed by atoms with E-state index >= 15 is 0 Å². The van der Waals surface area contributed by atoms with Crippen molar-refractivity contribution in [3.8, 4) is 0 Å². The zero-order valence-electron chi connectivity index (χ0n) is 12.4. The first-order valence-electron chi connectivity index (χ1n) is 7.17. The Labute approximate surface area is 125 Å². The molecule has 0 heterocycles. The van der Waals surface area contributed by atoms with Crippen molar-refractivity contribution in [1.29, 1.82) is 0 Å². The molecule has 0 aromatic heterocycles. The van der Waals surface area contributed by atoms with E-state index in [9.17, 15) is 9.50 Å². The molecule has 20 heavy (non-hydrogen) atoms. The van der Waals surface area contributed by atoms with Gasteiger partial charge in [-0.25, -0.2) is 4.39 Å². The van der Waals surface area contributed by atoms with Crippen LogP contribution in [0.5, 0.6) is 0 Å². The maximum atomic E-state index is 14.1. The highest BCUT2D eigenvalue weighted by atomic mass is 35.5. The summed E-state index contributed by atoms with van der Waals surface area (Å²) in [6, 6.07) is 4.51. The molecule has 1 unspecified atom stereocenters. The number of rotatable bonds is 3.